The minimum atomic E-state index is -0.948. The van der Waals surface area contributed by atoms with Crippen LogP contribution in [0, 0.1) is 38.0 Å². The molecule has 9 nitrogen and oxygen atoms in total. The summed E-state index contributed by atoms with van der Waals surface area (Å²) in [5.41, 5.74) is 5.40. The Morgan fingerprint density at radius 3 is 2.54 bits per heavy atom. The molecule has 3 aromatic heterocycles. The summed E-state index contributed by atoms with van der Waals surface area (Å²) in [6, 6.07) is 10.7. The minimum Gasteiger partial charge on any atom is -0.481 e. The number of thiophene rings is 1. The van der Waals surface area contributed by atoms with Gasteiger partial charge in [0.15, 0.2) is 5.82 Å². The van der Waals surface area contributed by atoms with Gasteiger partial charge in [-0.2, -0.15) is 5.26 Å². The highest BCUT2D eigenvalue weighted by Crippen LogP contribution is 2.40. The molecule has 0 aliphatic carbocycles. The van der Waals surface area contributed by atoms with Gasteiger partial charge in [-0.05, 0) is 33.3 Å². The lowest BCUT2D eigenvalue weighted by molar-refractivity contribution is -0.141. The molecule has 35 heavy (non-hydrogen) atoms. The Labute approximate surface area is 205 Å². The lowest BCUT2D eigenvalue weighted by Crippen LogP contribution is -2.21. The molecule has 1 unspecified atom stereocenters. The van der Waals surface area contributed by atoms with Crippen molar-refractivity contribution < 1.29 is 9.90 Å². The molecule has 4 aromatic rings. The van der Waals surface area contributed by atoms with Gasteiger partial charge in [0.25, 0.3) is 0 Å². The van der Waals surface area contributed by atoms with E-state index >= 15 is 0 Å². The van der Waals surface area contributed by atoms with Gasteiger partial charge in [-0.3, -0.25) is 14.4 Å². The maximum atomic E-state index is 12.0. The van der Waals surface area contributed by atoms with Crippen LogP contribution in [0.25, 0.3) is 16.3 Å². The van der Waals surface area contributed by atoms with Crippen LogP contribution in [0.3, 0.4) is 0 Å². The molecule has 0 spiro atoms. The van der Waals surface area contributed by atoms with Crippen molar-refractivity contribution in [2.45, 2.75) is 33.7 Å². The summed E-state index contributed by atoms with van der Waals surface area (Å²) in [7, 11) is 0. The van der Waals surface area contributed by atoms with Gasteiger partial charge in [0.05, 0.1) is 17.3 Å². The van der Waals surface area contributed by atoms with Crippen LogP contribution in [0.5, 0.6) is 0 Å². The van der Waals surface area contributed by atoms with Crippen molar-refractivity contribution in [2.75, 3.05) is 0 Å². The summed E-state index contributed by atoms with van der Waals surface area (Å²) in [4.78, 5) is 26.4. The zero-order chi connectivity index (χ0) is 24.9. The van der Waals surface area contributed by atoms with E-state index in [0.717, 1.165) is 37.8 Å². The Hall–Kier alpha value is -4.23. The third-order valence-electron chi connectivity index (χ3n) is 6.29. The van der Waals surface area contributed by atoms with E-state index in [9.17, 15) is 9.90 Å². The van der Waals surface area contributed by atoms with E-state index in [-0.39, 0.29) is 0 Å². The first-order valence-corrected chi connectivity index (χ1v) is 11.8. The number of aryl methyl sites for hydroxylation is 2. The van der Waals surface area contributed by atoms with Gasteiger partial charge in [-0.25, -0.2) is 9.97 Å². The molecule has 1 aliphatic heterocycles. The molecule has 0 fully saturated rings. The normalized spacial score (nSPS) is 15.4. The van der Waals surface area contributed by atoms with Crippen LogP contribution >= 0.6 is 11.3 Å². The fourth-order valence-corrected chi connectivity index (χ4v) is 5.41. The number of fused-ring (bicyclic) bond motifs is 3. The Bertz CT molecular complexity index is 1540. The second-order valence-electron chi connectivity index (χ2n) is 8.43. The summed E-state index contributed by atoms with van der Waals surface area (Å²) in [6.45, 7) is 7.63. The van der Waals surface area contributed by atoms with Crippen LogP contribution < -0.4 is 0 Å². The van der Waals surface area contributed by atoms with Crippen LogP contribution in [-0.2, 0) is 4.79 Å². The number of aliphatic imine (C=N–C) groups is 1. The summed E-state index contributed by atoms with van der Waals surface area (Å²) in [6.07, 6.45) is 1.37. The molecule has 1 aromatic carbocycles. The smallest absolute Gasteiger partial charge is 0.308 e. The zero-order valence-corrected chi connectivity index (χ0v) is 20.3. The quantitative estimate of drug-likeness (QED) is 0.460. The molecule has 2 atom stereocenters. The average Bonchev–Trinajstić information content (AvgIpc) is 3.33. The highest BCUT2D eigenvalue weighted by atomic mass is 32.1. The number of aliphatic carboxylic acids is 1. The number of rotatable bonds is 4. The number of hydrogen-bond acceptors (Lipinski definition) is 8. The first kappa shape index (κ1) is 22.6. The predicted octanol–water partition coefficient (Wildman–Crippen LogP) is 4.20. The Morgan fingerprint density at radius 2 is 1.86 bits per heavy atom. The third-order valence-corrected chi connectivity index (χ3v) is 7.48. The molecule has 0 bridgehead atoms. The van der Waals surface area contributed by atoms with Crippen LogP contribution in [-0.4, -0.2) is 41.5 Å². The van der Waals surface area contributed by atoms with Gasteiger partial charge in [0.2, 0.25) is 0 Å². The van der Waals surface area contributed by atoms with E-state index in [1.165, 1.54) is 6.33 Å². The van der Waals surface area contributed by atoms with Crippen LogP contribution in [0.2, 0.25) is 0 Å². The van der Waals surface area contributed by atoms with Crippen LogP contribution in [0.4, 0.5) is 0 Å². The molecule has 0 saturated carbocycles. The van der Waals surface area contributed by atoms with Gasteiger partial charge < -0.3 is 5.11 Å². The number of hydrogen-bond donors (Lipinski definition) is 1. The summed E-state index contributed by atoms with van der Waals surface area (Å²) in [5.74, 6) is -0.534. The first-order valence-electron chi connectivity index (χ1n) is 11.0. The van der Waals surface area contributed by atoms with Gasteiger partial charge in [-0.1, -0.05) is 24.3 Å². The number of carbonyl (C=O) groups is 1. The summed E-state index contributed by atoms with van der Waals surface area (Å²) < 4.78 is 1.94. The van der Waals surface area contributed by atoms with Crippen molar-refractivity contribution in [3.05, 3.63) is 75.6 Å². The number of benzene rings is 1. The molecule has 1 aliphatic rings. The third kappa shape index (κ3) is 3.70. The van der Waals surface area contributed by atoms with Gasteiger partial charge >= 0.3 is 5.97 Å². The average molecular weight is 484 g/mol. The summed E-state index contributed by atoms with van der Waals surface area (Å²) in [5, 5.41) is 28.5. The lowest BCUT2D eigenvalue weighted by atomic mass is 9.97. The van der Waals surface area contributed by atoms with E-state index < -0.39 is 17.9 Å². The number of aromatic nitrogens is 5. The maximum Gasteiger partial charge on any atom is 0.308 e. The molecule has 4 heterocycles. The predicted molar refractivity (Wildman–Crippen MR) is 131 cm³/mol. The zero-order valence-electron chi connectivity index (χ0n) is 19.5. The molecule has 0 amide bonds. The number of carboxylic acids is 1. The van der Waals surface area contributed by atoms with Crippen molar-refractivity contribution in [1.82, 2.24) is 24.7 Å². The van der Waals surface area contributed by atoms with E-state index in [4.69, 9.17) is 10.3 Å². The highest BCUT2D eigenvalue weighted by molar-refractivity contribution is 7.15. The van der Waals surface area contributed by atoms with E-state index in [1.54, 1.807) is 24.3 Å². The Morgan fingerprint density at radius 1 is 1.14 bits per heavy atom. The molecule has 1 N–H and O–H groups in total. The van der Waals surface area contributed by atoms with Crippen molar-refractivity contribution in [2.24, 2.45) is 10.9 Å². The van der Waals surface area contributed by atoms with Crippen molar-refractivity contribution in [1.29, 1.82) is 5.26 Å². The van der Waals surface area contributed by atoms with Crippen LogP contribution in [0.15, 0.2) is 41.7 Å². The number of carboxylic acid groups (broad SMARTS) is 1. The molecular weight excluding hydrogens is 462 g/mol. The van der Waals surface area contributed by atoms with Crippen molar-refractivity contribution in [3.8, 4) is 22.3 Å². The minimum absolute atomic E-state index is 0.296. The molecular formula is C25H21N7O2S. The Kier molecular flexibility index (Phi) is 5.49. The second-order valence-corrected chi connectivity index (χ2v) is 9.63. The second kappa shape index (κ2) is 8.52. The monoisotopic (exact) mass is 483 g/mol. The number of nitriles is 1. The molecule has 0 radical (unpaired) electrons. The van der Waals surface area contributed by atoms with Crippen molar-refractivity contribution in [3.63, 3.8) is 0 Å². The molecule has 174 valence electrons. The van der Waals surface area contributed by atoms with Crippen LogP contribution in [0.1, 0.15) is 51.9 Å². The topological polar surface area (TPSA) is 130 Å². The fourth-order valence-electron chi connectivity index (χ4n) is 4.19. The standard InChI is InChI=1S/C25H21N7O2S/c1-12-14(3)35-24-20(12)22(29-21(13(2)25(33)34)23-31-30-15(4)32(23)24)17-7-5-16(6-8-17)19-9-18(10-26)27-11-28-19/h5-9,11,13,21H,1-4H3,(H,33,34)/t13-,21?/m0/s1. The van der Waals surface area contributed by atoms with E-state index in [1.807, 2.05) is 41.8 Å². The summed E-state index contributed by atoms with van der Waals surface area (Å²) >= 11 is 1.62. The maximum absolute atomic E-state index is 12.0. The van der Waals surface area contributed by atoms with E-state index in [2.05, 4.69) is 34.0 Å². The van der Waals surface area contributed by atoms with Crippen molar-refractivity contribution >= 4 is 23.0 Å². The first-order chi connectivity index (χ1) is 16.8. The van der Waals surface area contributed by atoms with Gasteiger partial charge in [0.1, 0.15) is 35.0 Å². The number of nitrogens with zero attached hydrogens (tertiary/aromatic N) is 7. The molecule has 10 heteroatoms. The lowest BCUT2D eigenvalue weighted by Gasteiger charge is -2.16. The molecule has 5 rings (SSSR count). The SMILES string of the molecule is Cc1sc2c(c1C)C(c1ccc(-c3cc(C#N)ncn3)cc1)=NC([C@H](C)C(=O)O)c1nnc(C)n1-2. The Balaban J connectivity index is 1.70. The largest absolute Gasteiger partial charge is 0.481 e. The highest BCUT2D eigenvalue weighted by Gasteiger charge is 2.36. The molecule has 0 saturated heterocycles. The van der Waals surface area contributed by atoms with Gasteiger partial charge in [-0.15, -0.1) is 21.5 Å². The fraction of sp³-hybridized carbons (Fsp3) is 0.240. The van der Waals surface area contributed by atoms with Gasteiger partial charge in [0, 0.05) is 27.6 Å². The van der Waals surface area contributed by atoms with E-state index in [0.29, 0.717) is 23.0 Å².